The Morgan fingerprint density at radius 2 is 1.74 bits per heavy atom. The van der Waals surface area contributed by atoms with Gasteiger partial charge in [0.1, 0.15) is 18.4 Å². The molecule has 2 saturated heterocycles. The first-order chi connectivity index (χ1) is 28.1. The first kappa shape index (κ1) is 38.9. The maximum absolute atomic E-state index is 14.9. The molecule has 7 aliphatic heterocycles. The fraction of sp³-hybridized carbons (Fsp3) is 0.545. The standard InChI is InChI=1S/C44H52N4O9S/c1-8-12-53-38-23(4)39-41(57-21-56-39)33-29-19-55-43(50)44(26-17-31(51-6)30(49)16-24(26)10-11-46-44)20-58-42(34(33)38)36-35-32-25(15-27(47(35)5)28(18-45)48(29)36)14-22(3)37(52-7)40(32)54-13-9-2/h14,16-17,27-29,35-36,42,46,49H,8-13,15,19-21H2,1-7H3/t27-,28-,29-,35-,36?,42+,44+/m0/s1. The summed E-state index contributed by atoms with van der Waals surface area (Å²) in [7, 11) is 5.33. The van der Waals surface area contributed by atoms with E-state index in [-0.39, 0.29) is 54.0 Å². The number of hydrogen-bond acceptors (Lipinski definition) is 14. The highest BCUT2D eigenvalue weighted by molar-refractivity contribution is 7.99. The second-order valence-corrected chi connectivity index (χ2v) is 17.3. The molecule has 7 atom stereocenters. The van der Waals surface area contributed by atoms with Crippen LogP contribution in [-0.2, 0) is 27.9 Å². The molecular formula is C44H52N4O9S. The van der Waals surface area contributed by atoms with E-state index in [9.17, 15) is 15.2 Å². The van der Waals surface area contributed by atoms with E-state index >= 15 is 0 Å². The SMILES string of the molecule is CCCOc1c(C)c2c(c3c1[C@H]1SC[C@]4(NCCc5cc(O)c(OC)cc54)C(=O)OC[C@@H]3N3C1[C@@H]1c4c(cc(C)c(OC)c4OCCC)C[C@@H]([C@@H]3C#N)N1C)OCO2. The lowest BCUT2D eigenvalue weighted by Crippen LogP contribution is -2.69. The van der Waals surface area contributed by atoms with Gasteiger partial charge in [0.15, 0.2) is 40.0 Å². The maximum Gasteiger partial charge on any atom is 0.331 e. The van der Waals surface area contributed by atoms with Crippen LogP contribution in [0.5, 0.6) is 40.2 Å². The minimum atomic E-state index is -1.27. The van der Waals surface area contributed by atoms with E-state index in [1.807, 2.05) is 6.92 Å². The first-order valence-corrected chi connectivity index (χ1v) is 21.4. The van der Waals surface area contributed by atoms with Gasteiger partial charge in [0.2, 0.25) is 6.79 Å². The molecule has 7 heterocycles. The Labute approximate surface area is 343 Å². The van der Waals surface area contributed by atoms with Gasteiger partial charge in [0, 0.05) is 46.6 Å². The average molecular weight is 813 g/mol. The molecule has 1 unspecified atom stereocenters. The Morgan fingerprint density at radius 1 is 0.983 bits per heavy atom. The molecule has 14 heteroatoms. The number of esters is 1. The molecule has 0 saturated carbocycles. The van der Waals surface area contributed by atoms with Crippen molar-refractivity contribution < 1.29 is 43.1 Å². The van der Waals surface area contributed by atoms with Crippen molar-refractivity contribution in [2.24, 2.45) is 0 Å². The van der Waals surface area contributed by atoms with E-state index in [4.69, 9.17) is 33.2 Å². The lowest BCUT2D eigenvalue weighted by molar-refractivity contribution is -0.157. The number of benzene rings is 3. The molecule has 13 nitrogen and oxygen atoms in total. The number of carbonyl (C=O) groups is 1. The number of carbonyl (C=O) groups excluding carboxylic acids is 1. The molecule has 58 heavy (non-hydrogen) atoms. The van der Waals surface area contributed by atoms with Crippen LogP contribution < -0.4 is 33.7 Å². The van der Waals surface area contributed by atoms with E-state index < -0.39 is 23.6 Å². The number of nitrogens with one attached hydrogen (secondary N) is 1. The molecular weight excluding hydrogens is 761 g/mol. The van der Waals surface area contributed by atoms with Gasteiger partial charge in [-0.1, -0.05) is 19.9 Å². The second-order valence-electron chi connectivity index (χ2n) is 16.2. The molecule has 10 rings (SSSR count). The van der Waals surface area contributed by atoms with Crippen molar-refractivity contribution in [1.29, 1.82) is 5.26 Å². The number of hydrogen-bond donors (Lipinski definition) is 2. The lowest BCUT2D eigenvalue weighted by atomic mass is 9.71. The van der Waals surface area contributed by atoms with Crippen LogP contribution in [0.15, 0.2) is 18.2 Å². The smallest absolute Gasteiger partial charge is 0.331 e. The molecule has 1 spiro atoms. The summed E-state index contributed by atoms with van der Waals surface area (Å²) in [6.07, 6.45) is 2.86. The molecule has 0 amide bonds. The van der Waals surface area contributed by atoms with Crippen LogP contribution in [0.25, 0.3) is 0 Å². The zero-order valence-electron chi connectivity index (χ0n) is 34.2. The van der Waals surface area contributed by atoms with Crippen LogP contribution in [0.2, 0.25) is 0 Å². The number of thioether (sulfide) groups is 1. The number of nitriles is 1. The molecule has 3 aromatic carbocycles. The molecule has 4 bridgehead atoms. The Kier molecular flexibility index (Phi) is 10.0. The molecule has 0 radical (unpaired) electrons. The summed E-state index contributed by atoms with van der Waals surface area (Å²) in [6.45, 7) is 9.77. The van der Waals surface area contributed by atoms with Gasteiger partial charge in [-0.15, -0.1) is 11.8 Å². The summed E-state index contributed by atoms with van der Waals surface area (Å²) in [5.41, 5.74) is 6.19. The number of piperazine rings is 1. The molecule has 308 valence electrons. The summed E-state index contributed by atoms with van der Waals surface area (Å²) >= 11 is 1.66. The van der Waals surface area contributed by atoms with Crippen molar-refractivity contribution in [2.75, 3.05) is 60.2 Å². The van der Waals surface area contributed by atoms with Crippen LogP contribution in [-0.4, -0.2) is 99.2 Å². The van der Waals surface area contributed by atoms with Gasteiger partial charge < -0.3 is 38.3 Å². The predicted octanol–water partition coefficient (Wildman–Crippen LogP) is 5.93. The summed E-state index contributed by atoms with van der Waals surface area (Å²) in [5.74, 6) is 3.59. The highest BCUT2D eigenvalue weighted by Crippen LogP contribution is 2.64. The number of likely N-dealkylation sites (N-methyl/N-ethyl adjacent to an activating group) is 1. The number of phenols is 1. The van der Waals surface area contributed by atoms with Crippen molar-refractivity contribution >= 4 is 17.7 Å². The fourth-order valence-electron chi connectivity index (χ4n) is 10.6. The number of fused-ring (bicyclic) bond motifs is 9. The Hall–Kier alpha value is -4.55. The van der Waals surface area contributed by atoms with E-state index in [0.29, 0.717) is 49.8 Å². The first-order valence-electron chi connectivity index (χ1n) is 20.4. The number of aromatic hydroxyl groups is 1. The third-order valence-corrected chi connectivity index (χ3v) is 14.5. The Bertz CT molecular complexity index is 2210. The van der Waals surface area contributed by atoms with E-state index in [1.54, 1.807) is 31.0 Å². The number of aryl methyl sites for hydroxylation is 1. The van der Waals surface area contributed by atoms with Crippen molar-refractivity contribution in [2.45, 2.75) is 94.4 Å². The summed E-state index contributed by atoms with van der Waals surface area (Å²) in [5, 5.41) is 25.4. The van der Waals surface area contributed by atoms with Crippen LogP contribution in [0.3, 0.4) is 0 Å². The normalized spacial score (nSPS) is 28.1. The number of phenolic OH excluding ortho intramolecular Hbond substituents is 1. The summed E-state index contributed by atoms with van der Waals surface area (Å²) in [4.78, 5) is 19.6. The van der Waals surface area contributed by atoms with Crippen LogP contribution >= 0.6 is 11.8 Å². The maximum atomic E-state index is 14.9. The number of rotatable bonds is 8. The molecule has 0 aliphatic carbocycles. The van der Waals surface area contributed by atoms with Gasteiger partial charge in [0.25, 0.3) is 0 Å². The van der Waals surface area contributed by atoms with E-state index in [2.05, 4.69) is 55.1 Å². The minimum absolute atomic E-state index is 0.0251. The molecule has 3 aromatic rings. The van der Waals surface area contributed by atoms with Gasteiger partial charge in [-0.05, 0) is 81.0 Å². The average Bonchev–Trinajstić information content (AvgIpc) is 3.71. The number of ether oxygens (including phenoxy) is 7. The zero-order chi connectivity index (χ0) is 40.6. The lowest BCUT2D eigenvalue weighted by Gasteiger charge is -2.62. The van der Waals surface area contributed by atoms with Crippen LogP contribution in [0.4, 0.5) is 0 Å². The summed E-state index contributed by atoms with van der Waals surface area (Å²) < 4.78 is 44.3. The van der Waals surface area contributed by atoms with E-state index in [0.717, 1.165) is 68.8 Å². The second kappa shape index (κ2) is 14.9. The highest BCUT2D eigenvalue weighted by Gasteiger charge is 2.62. The van der Waals surface area contributed by atoms with Gasteiger partial charge in [-0.2, -0.15) is 5.26 Å². The Morgan fingerprint density at radius 3 is 2.47 bits per heavy atom. The third-order valence-electron chi connectivity index (χ3n) is 13.1. The van der Waals surface area contributed by atoms with Crippen LogP contribution in [0, 0.1) is 25.2 Å². The monoisotopic (exact) mass is 812 g/mol. The van der Waals surface area contributed by atoms with Crippen molar-refractivity contribution in [3.63, 3.8) is 0 Å². The minimum Gasteiger partial charge on any atom is -0.504 e. The quantitative estimate of drug-likeness (QED) is 0.259. The Balaban J connectivity index is 1.33. The van der Waals surface area contributed by atoms with Gasteiger partial charge in [-0.3, -0.25) is 15.1 Å². The third kappa shape index (κ3) is 5.56. The number of methoxy groups -OCH3 is 2. The topological polar surface area (TPSA) is 144 Å². The highest BCUT2D eigenvalue weighted by atomic mass is 32.2. The molecule has 2 N–H and O–H groups in total. The van der Waals surface area contributed by atoms with Gasteiger partial charge in [0.05, 0.1) is 50.8 Å². The zero-order valence-corrected chi connectivity index (χ0v) is 35.0. The summed E-state index contributed by atoms with van der Waals surface area (Å²) in [6, 6.07) is 6.51. The van der Waals surface area contributed by atoms with Gasteiger partial charge in [-0.25, -0.2) is 4.79 Å². The van der Waals surface area contributed by atoms with Crippen molar-refractivity contribution in [3.8, 4) is 46.3 Å². The predicted molar refractivity (Wildman–Crippen MR) is 217 cm³/mol. The van der Waals surface area contributed by atoms with Crippen molar-refractivity contribution in [3.05, 3.63) is 62.7 Å². The number of nitrogens with zero attached hydrogens (tertiary/aromatic N) is 3. The van der Waals surface area contributed by atoms with Crippen LogP contribution in [0.1, 0.15) is 88.5 Å². The molecule has 7 aliphatic rings. The molecule has 2 fully saturated rings. The van der Waals surface area contributed by atoms with E-state index in [1.165, 1.54) is 7.11 Å². The largest absolute Gasteiger partial charge is 0.504 e. The van der Waals surface area contributed by atoms with Crippen molar-refractivity contribution in [1.82, 2.24) is 15.1 Å². The van der Waals surface area contributed by atoms with Gasteiger partial charge >= 0.3 is 5.97 Å². The fourth-order valence-corrected chi connectivity index (χ4v) is 12.3. The molecule has 0 aromatic heterocycles.